The molecule has 1 saturated heterocycles. The van der Waals surface area contributed by atoms with E-state index in [-0.39, 0.29) is 11.8 Å². The molecule has 0 saturated carbocycles. The standard InChI is InChI=1S/C20H21N5OS/c26-18(14-27-20-21-9-5-10-22-20)25-11-4-8-16(13-25)19-17(12-23-24-19)15-6-2-1-3-7-15/h1-3,5-7,9-10,12,16H,4,8,11,13-14H2,(H,23,24)/t16-/m1/s1. The molecule has 3 aromatic rings. The molecule has 0 aliphatic carbocycles. The second-order valence-corrected chi connectivity index (χ2v) is 7.50. The number of carbonyl (C=O) groups is 1. The molecule has 1 aliphatic rings. The lowest BCUT2D eigenvalue weighted by atomic mass is 9.90. The molecule has 1 aromatic carbocycles. The Hall–Kier alpha value is -2.67. The third kappa shape index (κ3) is 4.19. The number of hydrogen-bond donors (Lipinski definition) is 1. The fraction of sp³-hybridized carbons (Fsp3) is 0.300. The van der Waals surface area contributed by atoms with Crippen LogP contribution in [0.2, 0.25) is 0 Å². The van der Waals surface area contributed by atoms with Gasteiger partial charge in [0, 0.05) is 42.7 Å². The van der Waals surface area contributed by atoms with Crippen molar-refractivity contribution in [2.45, 2.75) is 23.9 Å². The zero-order valence-electron chi connectivity index (χ0n) is 14.9. The third-order valence-electron chi connectivity index (χ3n) is 4.80. The Labute approximate surface area is 162 Å². The number of piperidine rings is 1. The summed E-state index contributed by atoms with van der Waals surface area (Å²) in [6.07, 6.45) is 7.32. The van der Waals surface area contributed by atoms with Crippen molar-refractivity contribution in [1.82, 2.24) is 25.1 Å². The molecule has 0 spiro atoms. The van der Waals surface area contributed by atoms with Gasteiger partial charge in [-0.2, -0.15) is 5.10 Å². The van der Waals surface area contributed by atoms with Gasteiger partial charge in [-0.15, -0.1) is 0 Å². The van der Waals surface area contributed by atoms with Crippen LogP contribution in [0.3, 0.4) is 0 Å². The van der Waals surface area contributed by atoms with E-state index < -0.39 is 0 Å². The highest BCUT2D eigenvalue weighted by Crippen LogP contribution is 2.33. The summed E-state index contributed by atoms with van der Waals surface area (Å²) in [7, 11) is 0. The lowest BCUT2D eigenvalue weighted by Crippen LogP contribution is -2.40. The van der Waals surface area contributed by atoms with E-state index in [2.05, 4.69) is 32.3 Å². The fourth-order valence-electron chi connectivity index (χ4n) is 3.47. The quantitative estimate of drug-likeness (QED) is 0.543. The number of H-pyrrole nitrogens is 1. The van der Waals surface area contributed by atoms with Gasteiger partial charge in [-0.1, -0.05) is 42.1 Å². The van der Waals surface area contributed by atoms with Crippen LogP contribution in [0.1, 0.15) is 24.5 Å². The van der Waals surface area contributed by atoms with Crippen molar-refractivity contribution in [3.05, 3.63) is 60.7 Å². The fourth-order valence-corrected chi connectivity index (χ4v) is 4.18. The second-order valence-electron chi connectivity index (χ2n) is 6.56. The van der Waals surface area contributed by atoms with Gasteiger partial charge in [0.25, 0.3) is 0 Å². The number of nitrogens with one attached hydrogen (secondary N) is 1. The molecular formula is C20H21N5OS. The number of thioether (sulfide) groups is 1. The van der Waals surface area contributed by atoms with Gasteiger partial charge in [0.05, 0.1) is 11.9 Å². The van der Waals surface area contributed by atoms with Crippen LogP contribution < -0.4 is 0 Å². The molecule has 4 rings (SSSR count). The molecule has 0 unspecified atom stereocenters. The Bertz CT molecular complexity index is 884. The second kappa shape index (κ2) is 8.35. The molecule has 1 N–H and O–H groups in total. The number of carbonyl (C=O) groups excluding carboxylic acids is 1. The summed E-state index contributed by atoms with van der Waals surface area (Å²) in [5.74, 6) is 0.780. The molecule has 1 fully saturated rings. The predicted octanol–water partition coefficient (Wildman–Crippen LogP) is 3.37. The summed E-state index contributed by atoms with van der Waals surface area (Å²) in [6.45, 7) is 1.53. The Morgan fingerprint density at radius 3 is 2.81 bits per heavy atom. The highest BCUT2D eigenvalue weighted by atomic mass is 32.2. The molecule has 27 heavy (non-hydrogen) atoms. The van der Waals surface area contributed by atoms with E-state index in [1.165, 1.54) is 11.8 Å². The highest BCUT2D eigenvalue weighted by Gasteiger charge is 2.27. The average molecular weight is 379 g/mol. The van der Waals surface area contributed by atoms with Crippen molar-refractivity contribution in [3.63, 3.8) is 0 Å². The molecule has 1 amide bonds. The van der Waals surface area contributed by atoms with Crippen molar-refractivity contribution < 1.29 is 4.79 Å². The molecule has 3 heterocycles. The van der Waals surface area contributed by atoms with Crippen molar-refractivity contribution >= 4 is 17.7 Å². The van der Waals surface area contributed by atoms with Gasteiger partial charge in [0.2, 0.25) is 5.91 Å². The first-order valence-corrected chi connectivity index (χ1v) is 10.1. The van der Waals surface area contributed by atoms with Gasteiger partial charge in [0.15, 0.2) is 5.16 Å². The normalized spacial score (nSPS) is 17.0. The maximum atomic E-state index is 12.7. The number of nitrogens with zero attached hydrogens (tertiary/aromatic N) is 4. The summed E-state index contributed by atoms with van der Waals surface area (Å²) in [5, 5.41) is 8.09. The maximum absolute atomic E-state index is 12.7. The van der Waals surface area contributed by atoms with Crippen LogP contribution in [-0.4, -0.2) is 49.8 Å². The van der Waals surface area contributed by atoms with Gasteiger partial charge in [-0.05, 0) is 24.5 Å². The van der Waals surface area contributed by atoms with Gasteiger partial charge >= 0.3 is 0 Å². The number of aromatic amines is 1. The molecule has 0 radical (unpaired) electrons. The number of rotatable bonds is 5. The third-order valence-corrected chi connectivity index (χ3v) is 5.66. The lowest BCUT2D eigenvalue weighted by molar-refractivity contribution is -0.129. The summed E-state index contributed by atoms with van der Waals surface area (Å²) in [5.41, 5.74) is 3.40. The number of benzene rings is 1. The monoisotopic (exact) mass is 379 g/mol. The molecule has 138 valence electrons. The van der Waals surface area contributed by atoms with E-state index in [4.69, 9.17) is 0 Å². The maximum Gasteiger partial charge on any atom is 0.233 e. The summed E-state index contributed by atoms with van der Waals surface area (Å²) in [6, 6.07) is 12.0. The van der Waals surface area contributed by atoms with Gasteiger partial charge in [0.1, 0.15) is 0 Å². The average Bonchev–Trinajstić information content (AvgIpc) is 3.23. The molecule has 6 nitrogen and oxygen atoms in total. The Balaban J connectivity index is 1.43. The van der Waals surface area contributed by atoms with E-state index in [1.807, 2.05) is 29.3 Å². The van der Waals surface area contributed by atoms with Crippen LogP contribution in [-0.2, 0) is 4.79 Å². The molecule has 0 bridgehead atoms. The summed E-state index contributed by atoms with van der Waals surface area (Å²) < 4.78 is 0. The van der Waals surface area contributed by atoms with E-state index in [9.17, 15) is 4.79 Å². The summed E-state index contributed by atoms with van der Waals surface area (Å²) >= 11 is 1.39. The first-order valence-electron chi connectivity index (χ1n) is 9.07. The van der Waals surface area contributed by atoms with Gasteiger partial charge < -0.3 is 4.90 Å². The first kappa shape index (κ1) is 17.7. The van der Waals surface area contributed by atoms with Crippen LogP contribution in [0.15, 0.2) is 60.1 Å². The van der Waals surface area contributed by atoms with E-state index in [0.29, 0.717) is 10.9 Å². The van der Waals surface area contributed by atoms with Crippen molar-refractivity contribution in [3.8, 4) is 11.1 Å². The summed E-state index contributed by atoms with van der Waals surface area (Å²) in [4.78, 5) is 23.0. The van der Waals surface area contributed by atoms with Crippen LogP contribution in [0, 0.1) is 0 Å². The lowest BCUT2D eigenvalue weighted by Gasteiger charge is -2.32. The number of amides is 1. The smallest absolute Gasteiger partial charge is 0.233 e. The zero-order valence-corrected chi connectivity index (χ0v) is 15.7. The van der Waals surface area contributed by atoms with Gasteiger partial charge in [-0.25, -0.2) is 9.97 Å². The van der Waals surface area contributed by atoms with E-state index in [0.717, 1.165) is 42.8 Å². The largest absolute Gasteiger partial charge is 0.341 e. The minimum Gasteiger partial charge on any atom is -0.341 e. The van der Waals surface area contributed by atoms with Crippen molar-refractivity contribution in [2.75, 3.05) is 18.8 Å². The highest BCUT2D eigenvalue weighted by molar-refractivity contribution is 7.99. The predicted molar refractivity (Wildman–Crippen MR) is 105 cm³/mol. The number of hydrogen-bond acceptors (Lipinski definition) is 5. The Morgan fingerprint density at radius 2 is 2.00 bits per heavy atom. The Kier molecular flexibility index (Phi) is 5.48. The molecule has 7 heteroatoms. The van der Waals surface area contributed by atoms with E-state index >= 15 is 0 Å². The van der Waals surface area contributed by atoms with Crippen LogP contribution in [0.4, 0.5) is 0 Å². The minimum absolute atomic E-state index is 0.137. The minimum atomic E-state index is 0.137. The van der Waals surface area contributed by atoms with Gasteiger partial charge in [-0.3, -0.25) is 9.89 Å². The van der Waals surface area contributed by atoms with E-state index in [1.54, 1.807) is 18.5 Å². The first-order chi connectivity index (χ1) is 13.3. The molecule has 1 atom stereocenters. The van der Waals surface area contributed by atoms with Crippen molar-refractivity contribution in [1.29, 1.82) is 0 Å². The topological polar surface area (TPSA) is 74.8 Å². The van der Waals surface area contributed by atoms with Crippen LogP contribution in [0.25, 0.3) is 11.1 Å². The van der Waals surface area contributed by atoms with Crippen LogP contribution >= 0.6 is 11.8 Å². The number of aromatic nitrogens is 4. The number of likely N-dealkylation sites (tertiary alicyclic amines) is 1. The molecule has 1 aliphatic heterocycles. The molecular weight excluding hydrogens is 358 g/mol. The zero-order chi connectivity index (χ0) is 18.5. The Morgan fingerprint density at radius 1 is 1.19 bits per heavy atom. The molecule has 2 aromatic heterocycles. The van der Waals surface area contributed by atoms with Crippen LogP contribution in [0.5, 0.6) is 0 Å². The SMILES string of the molecule is O=C(CSc1ncccn1)N1CCC[C@@H](c2[nH]ncc2-c2ccccc2)C1. The van der Waals surface area contributed by atoms with Crippen molar-refractivity contribution in [2.24, 2.45) is 0 Å².